The van der Waals surface area contributed by atoms with Gasteiger partial charge in [-0.2, -0.15) is 0 Å². The zero-order chi connectivity index (χ0) is 49.3. The van der Waals surface area contributed by atoms with Crippen LogP contribution in [0.2, 0.25) is 0 Å². The van der Waals surface area contributed by atoms with Gasteiger partial charge in [0.2, 0.25) is 0 Å². The highest BCUT2D eigenvalue weighted by Crippen LogP contribution is 2.18. The first-order chi connectivity index (χ1) is 33.5. The Kier molecular flexibility index (Phi) is 56.2. The van der Waals surface area contributed by atoms with Crippen LogP contribution in [0, 0.1) is 0 Å². The molecule has 0 aliphatic rings. The lowest BCUT2D eigenvalue weighted by Gasteiger charge is -2.18. The Morgan fingerprint density at radius 3 is 0.735 bits per heavy atom. The minimum atomic E-state index is -0.768. The van der Waals surface area contributed by atoms with Gasteiger partial charge < -0.3 is 14.2 Å². The van der Waals surface area contributed by atoms with E-state index in [0.717, 1.165) is 64.2 Å². The van der Waals surface area contributed by atoms with E-state index in [0.29, 0.717) is 19.3 Å². The molecule has 0 saturated carbocycles. The molecular formula is C62H118O6. The molecule has 0 bridgehead atoms. The summed E-state index contributed by atoms with van der Waals surface area (Å²) < 4.78 is 16.9. The molecule has 0 amide bonds. The highest BCUT2D eigenvalue weighted by atomic mass is 16.6. The number of hydrogen-bond acceptors (Lipinski definition) is 6. The summed E-state index contributed by atoms with van der Waals surface area (Å²) in [6.07, 6.45) is 66.4. The lowest BCUT2D eigenvalue weighted by Crippen LogP contribution is -2.30. The first kappa shape index (κ1) is 66.2. The molecule has 402 valence electrons. The van der Waals surface area contributed by atoms with Crippen LogP contribution in [0.5, 0.6) is 0 Å². The molecular weight excluding hydrogens is 841 g/mol. The van der Waals surface area contributed by atoms with Crippen molar-refractivity contribution in [3.8, 4) is 0 Å². The lowest BCUT2D eigenvalue weighted by molar-refractivity contribution is -0.167. The van der Waals surface area contributed by atoms with Gasteiger partial charge in [0.05, 0.1) is 0 Å². The molecule has 68 heavy (non-hydrogen) atoms. The van der Waals surface area contributed by atoms with Crippen molar-refractivity contribution in [1.82, 2.24) is 0 Å². The molecule has 1 atom stereocenters. The zero-order valence-corrected chi connectivity index (χ0v) is 46.2. The molecule has 0 aliphatic carbocycles. The molecule has 1 unspecified atom stereocenters. The van der Waals surface area contributed by atoms with Crippen molar-refractivity contribution in [3.05, 3.63) is 12.2 Å². The second-order valence-corrected chi connectivity index (χ2v) is 21.0. The Bertz CT molecular complexity index is 1060. The summed E-state index contributed by atoms with van der Waals surface area (Å²) >= 11 is 0. The van der Waals surface area contributed by atoms with Gasteiger partial charge in [-0.25, -0.2) is 0 Å². The van der Waals surface area contributed by atoms with Gasteiger partial charge in [-0.1, -0.05) is 296 Å². The van der Waals surface area contributed by atoms with Gasteiger partial charge in [-0.15, -0.1) is 0 Å². The Morgan fingerprint density at radius 1 is 0.279 bits per heavy atom. The number of ether oxygens (including phenoxy) is 3. The third kappa shape index (κ3) is 55.1. The van der Waals surface area contributed by atoms with Gasteiger partial charge in [-0.05, 0) is 44.9 Å². The molecule has 0 saturated heterocycles. The quantitative estimate of drug-likeness (QED) is 0.0262. The molecule has 0 spiro atoms. The predicted molar refractivity (Wildman–Crippen MR) is 293 cm³/mol. The molecule has 0 rings (SSSR count). The molecule has 0 aromatic rings. The summed E-state index contributed by atoms with van der Waals surface area (Å²) in [5.74, 6) is -0.847. The fraction of sp³-hybridized carbons (Fsp3) is 0.919. The number of carbonyl (C=O) groups is 3. The summed E-state index contributed by atoms with van der Waals surface area (Å²) in [5.41, 5.74) is 0. The number of hydrogen-bond donors (Lipinski definition) is 0. The van der Waals surface area contributed by atoms with E-state index in [4.69, 9.17) is 14.2 Å². The minimum absolute atomic E-state index is 0.0662. The van der Waals surface area contributed by atoms with Crippen molar-refractivity contribution in [2.45, 2.75) is 354 Å². The van der Waals surface area contributed by atoms with E-state index in [9.17, 15) is 14.4 Å². The highest BCUT2D eigenvalue weighted by molar-refractivity contribution is 5.71. The van der Waals surface area contributed by atoms with E-state index in [-0.39, 0.29) is 31.1 Å². The Balaban J connectivity index is 4.28. The van der Waals surface area contributed by atoms with Crippen LogP contribution in [-0.4, -0.2) is 37.2 Å². The van der Waals surface area contributed by atoms with Crippen LogP contribution >= 0.6 is 0 Å². The maximum Gasteiger partial charge on any atom is 0.306 e. The van der Waals surface area contributed by atoms with Crippen LogP contribution in [0.25, 0.3) is 0 Å². The zero-order valence-electron chi connectivity index (χ0n) is 46.2. The smallest absolute Gasteiger partial charge is 0.306 e. The van der Waals surface area contributed by atoms with Crippen LogP contribution in [0.1, 0.15) is 348 Å². The highest BCUT2D eigenvalue weighted by Gasteiger charge is 2.19. The van der Waals surface area contributed by atoms with E-state index in [2.05, 4.69) is 32.9 Å². The Hall–Kier alpha value is -1.85. The summed E-state index contributed by atoms with van der Waals surface area (Å²) in [4.78, 5) is 38.2. The van der Waals surface area contributed by atoms with Crippen molar-refractivity contribution >= 4 is 17.9 Å². The number of carbonyl (C=O) groups excluding carboxylic acids is 3. The van der Waals surface area contributed by atoms with Gasteiger partial charge in [0.15, 0.2) is 6.10 Å². The van der Waals surface area contributed by atoms with Gasteiger partial charge >= 0.3 is 17.9 Å². The van der Waals surface area contributed by atoms with Crippen LogP contribution in [0.4, 0.5) is 0 Å². The SMILES string of the molecule is CCCCCCC/C=C\CCCCCCCC(=O)OCC(COC(=O)CCCCCCCCCCCCCCCCCCCCCC)OC(=O)CCCCCCCCCCCCCCCCCC. The van der Waals surface area contributed by atoms with Crippen LogP contribution < -0.4 is 0 Å². The largest absolute Gasteiger partial charge is 0.462 e. The normalized spacial score (nSPS) is 12.0. The summed E-state index contributed by atoms with van der Waals surface area (Å²) in [5, 5.41) is 0. The van der Waals surface area contributed by atoms with Crippen molar-refractivity contribution in [1.29, 1.82) is 0 Å². The fourth-order valence-corrected chi connectivity index (χ4v) is 9.38. The van der Waals surface area contributed by atoms with Crippen LogP contribution in [0.15, 0.2) is 12.2 Å². The number of unbranched alkanes of at least 4 members (excludes halogenated alkanes) is 44. The van der Waals surface area contributed by atoms with Crippen molar-refractivity contribution in [2.75, 3.05) is 13.2 Å². The second kappa shape index (κ2) is 57.7. The van der Waals surface area contributed by atoms with Crippen molar-refractivity contribution < 1.29 is 28.6 Å². The van der Waals surface area contributed by atoms with Gasteiger partial charge in [0, 0.05) is 19.3 Å². The molecule has 0 aromatic carbocycles. The molecule has 6 nitrogen and oxygen atoms in total. The Labute approximate surface area is 424 Å². The lowest BCUT2D eigenvalue weighted by atomic mass is 10.0. The molecule has 0 heterocycles. The standard InChI is InChI=1S/C62H118O6/c1-4-7-10-13-16-19-22-25-28-30-31-32-33-35-37-40-43-46-49-52-55-61(64)67-58-59(57-66-60(63)54-51-48-45-42-39-36-27-24-21-18-15-12-9-6-3)68-62(65)56-53-50-47-44-41-38-34-29-26-23-20-17-14-11-8-5-2/h24,27,59H,4-23,25-26,28-58H2,1-3H3/b27-24-. The van der Waals surface area contributed by atoms with Gasteiger partial charge in [0.1, 0.15) is 13.2 Å². The van der Waals surface area contributed by atoms with Crippen molar-refractivity contribution in [3.63, 3.8) is 0 Å². The van der Waals surface area contributed by atoms with E-state index in [1.807, 2.05) is 0 Å². The molecule has 0 fully saturated rings. The number of esters is 3. The van der Waals surface area contributed by atoms with E-state index >= 15 is 0 Å². The average Bonchev–Trinajstić information content (AvgIpc) is 3.34. The predicted octanol–water partition coefficient (Wildman–Crippen LogP) is 20.5. The number of allylic oxidation sites excluding steroid dienone is 2. The maximum absolute atomic E-state index is 12.9. The van der Waals surface area contributed by atoms with Gasteiger partial charge in [0.25, 0.3) is 0 Å². The van der Waals surface area contributed by atoms with E-state index < -0.39 is 6.10 Å². The number of rotatable bonds is 57. The average molecular weight is 960 g/mol. The molecule has 6 heteroatoms. The second-order valence-electron chi connectivity index (χ2n) is 21.0. The third-order valence-electron chi connectivity index (χ3n) is 14.0. The topological polar surface area (TPSA) is 78.9 Å². The summed E-state index contributed by atoms with van der Waals surface area (Å²) in [7, 11) is 0. The van der Waals surface area contributed by atoms with Crippen LogP contribution in [0.3, 0.4) is 0 Å². The van der Waals surface area contributed by atoms with Crippen LogP contribution in [-0.2, 0) is 28.6 Å². The molecule has 0 radical (unpaired) electrons. The molecule has 0 N–H and O–H groups in total. The molecule has 0 aromatic heterocycles. The maximum atomic E-state index is 12.9. The van der Waals surface area contributed by atoms with E-state index in [1.54, 1.807) is 0 Å². The first-order valence-corrected chi connectivity index (χ1v) is 30.7. The van der Waals surface area contributed by atoms with Crippen molar-refractivity contribution in [2.24, 2.45) is 0 Å². The summed E-state index contributed by atoms with van der Waals surface area (Å²) in [6, 6.07) is 0. The Morgan fingerprint density at radius 2 is 0.485 bits per heavy atom. The van der Waals surface area contributed by atoms with Gasteiger partial charge in [-0.3, -0.25) is 14.4 Å². The molecule has 0 aliphatic heterocycles. The van der Waals surface area contributed by atoms with E-state index in [1.165, 1.54) is 244 Å². The first-order valence-electron chi connectivity index (χ1n) is 30.7. The monoisotopic (exact) mass is 959 g/mol. The minimum Gasteiger partial charge on any atom is -0.462 e. The fourth-order valence-electron chi connectivity index (χ4n) is 9.38. The third-order valence-corrected chi connectivity index (χ3v) is 14.0. The summed E-state index contributed by atoms with van der Waals surface area (Å²) in [6.45, 7) is 6.69.